The van der Waals surface area contributed by atoms with Gasteiger partial charge >= 0.3 is 6.03 Å². The maximum atomic E-state index is 12.2. The highest BCUT2D eigenvalue weighted by Crippen LogP contribution is 2.18. The molecule has 0 fully saturated rings. The molecule has 1 unspecified atom stereocenters. The van der Waals surface area contributed by atoms with Crippen molar-refractivity contribution >= 4 is 33.6 Å². The Labute approximate surface area is 171 Å². The van der Waals surface area contributed by atoms with E-state index in [1.165, 1.54) is 6.26 Å². The monoisotopic (exact) mass is 441 g/mol. The number of hydrogen-bond donors (Lipinski definition) is 3. The highest BCUT2D eigenvalue weighted by molar-refractivity contribution is 9.10. The average molecular weight is 442 g/mol. The van der Waals surface area contributed by atoms with E-state index in [9.17, 15) is 9.59 Å². The van der Waals surface area contributed by atoms with Crippen LogP contribution in [0.4, 0.5) is 10.5 Å². The zero-order valence-electron chi connectivity index (χ0n) is 15.2. The topological polar surface area (TPSA) is 83.4 Å². The van der Waals surface area contributed by atoms with E-state index in [0.717, 1.165) is 15.6 Å². The van der Waals surface area contributed by atoms with Gasteiger partial charge in [0, 0.05) is 16.7 Å². The molecule has 1 heterocycles. The highest BCUT2D eigenvalue weighted by Gasteiger charge is 2.11. The number of urea groups is 1. The van der Waals surface area contributed by atoms with Crippen molar-refractivity contribution in [2.24, 2.45) is 0 Å². The number of nitrogens with one attached hydrogen (secondary N) is 3. The zero-order valence-corrected chi connectivity index (χ0v) is 16.8. The van der Waals surface area contributed by atoms with E-state index in [2.05, 4.69) is 31.9 Å². The fourth-order valence-corrected chi connectivity index (χ4v) is 3.07. The molecule has 28 heavy (non-hydrogen) atoms. The number of rotatable bonds is 6. The molecule has 0 radical (unpaired) electrons. The molecule has 0 aliphatic carbocycles. The third-order valence-corrected chi connectivity index (χ3v) is 4.57. The predicted molar refractivity (Wildman–Crippen MR) is 111 cm³/mol. The second-order valence-electron chi connectivity index (χ2n) is 6.24. The van der Waals surface area contributed by atoms with Crippen LogP contribution in [-0.2, 0) is 6.54 Å². The normalized spacial score (nSPS) is 11.5. The molecule has 0 saturated carbocycles. The summed E-state index contributed by atoms with van der Waals surface area (Å²) in [5.41, 5.74) is 2.50. The van der Waals surface area contributed by atoms with Crippen molar-refractivity contribution in [3.63, 3.8) is 0 Å². The number of amides is 3. The van der Waals surface area contributed by atoms with Gasteiger partial charge in [-0.3, -0.25) is 4.79 Å². The van der Waals surface area contributed by atoms with E-state index in [0.29, 0.717) is 12.2 Å². The molecule has 3 rings (SSSR count). The molecule has 3 aromatic rings. The van der Waals surface area contributed by atoms with Gasteiger partial charge in [-0.25, -0.2) is 4.79 Å². The Morgan fingerprint density at radius 3 is 2.64 bits per heavy atom. The van der Waals surface area contributed by atoms with E-state index in [1.54, 1.807) is 24.3 Å². The largest absolute Gasteiger partial charge is 0.459 e. The van der Waals surface area contributed by atoms with Gasteiger partial charge in [0.15, 0.2) is 5.76 Å². The van der Waals surface area contributed by atoms with Gasteiger partial charge < -0.3 is 20.4 Å². The lowest BCUT2D eigenvalue weighted by Crippen LogP contribution is -2.36. The van der Waals surface area contributed by atoms with Gasteiger partial charge in [0.1, 0.15) is 0 Å². The molecule has 1 atom stereocenters. The predicted octanol–water partition coefficient (Wildman–Crippen LogP) is 4.85. The van der Waals surface area contributed by atoms with Gasteiger partial charge in [-0.15, -0.1) is 0 Å². The second kappa shape index (κ2) is 9.23. The van der Waals surface area contributed by atoms with Crippen LogP contribution in [0.1, 0.15) is 34.6 Å². The lowest BCUT2D eigenvalue weighted by Gasteiger charge is -2.15. The molecule has 0 spiro atoms. The number of carbonyl (C=O) groups is 2. The number of benzene rings is 2. The Kier molecular flexibility index (Phi) is 6.49. The standard InChI is InChI=1S/C21H20BrN3O3/c1-14(16-6-3-7-17(22)12-16)24-21(27)23-13-15-5-2-8-18(11-15)25-20(26)19-9-4-10-28-19/h2-12,14H,13H2,1H3,(H,25,26)(H2,23,24,27). The average Bonchev–Trinajstić information content (AvgIpc) is 3.22. The molecule has 1 aromatic heterocycles. The first-order valence-electron chi connectivity index (χ1n) is 8.75. The van der Waals surface area contributed by atoms with Crippen LogP contribution in [0.5, 0.6) is 0 Å². The lowest BCUT2D eigenvalue weighted by atomic mass is 10.1. The maximum absolute atomic E-state index is 12.2. The molecule has 0 aliphatic heterocycles. The fourth-order valence-electron chi connectivity index (χ4n) is 2.65. The molecule has 0 aliphatic rings. The minimum absolute atomic E-state index is 0.128. The minimum Gasteiger partial charge on any atom is -0.459 e. The molecule has 2 aromatic carbocycles. The van der Waals surface area contributed by atoms with Gasteiger partial charge in [0.2, 0.25) is 0 Å². The SMILES string of the molecule is CC(NC(=O)NCc1cccc(NC(=O)c2ccco2)c1)c1cccc(Br)c1. The van der Waals surface area contributed by atoms with Crippen LogP contribution in [0.25, 0.3) is 0 Å². The summed E-state index contributed by atoms with van der Waals surface area (Å²) >= 11 is 3.43. The summed E-state index contributed by atoms with van der Waals surface area (Å²) in [4.78, 5) is 24.2. The summed E-state index contributed by atoms with van der Waals surface area (Å²) in [6.07, 6.45) is 1.45. The first-order chi connectivity index (χ1) is 13.5. The van der Waals surface area contributed by atoms with E-state index in [4.69, 9.17) is 4.42 Å². The van der Waals surface area contributed by atoms with Gasteiger partial charge in [-0.2, -0.15) is 0 Å². The number of carbonyl (C=O) groups excluding carboxylic acids is 2. The number of halogens is 1. The molecule has 7 heteroatoms. The highest BCUT2D eigenvalue weighted by atomic mass is 79.9. The number of anilines is 1. The summed E-state index contributed by atoms with van der Waals surface area (Å²) in [7, 11) is 0. The summed E-state index contributed by atoms with van der Waals surface area (Å²) in [6, 6.07) is 17.9. The first kappa shape index (κ1) is 19.7. The van der Waals surface area contributed by atoms with Gasteiger partial charge in [0.25, 0.3) is 5.91 Å². The Balaban J connectivity index is 1.52. The third kappa shape index (κ3) is 5.47. The first-order valence-corrected chi connectivity index (χ1v) is 9.54. The Hall–Kier alpha value is -3.06. The van der Waals surface area contributed by atoms with Crippen molar-refractivity contribution in [3.05, 3.63) is 88.3 Å². The quantitative estimate of drug-likeness (QED) is 0.510. The second-order valence-corrected chi connectivity index (χ2v) is 7.15. The minimum atomic E-state index is -0.323. The summed E-state index contributed by atoms with van der Waals surface area (Å²) in [6.45, 7) is 2.26. The van der Waals surface area contributed by atoms with Crippen LogP contribution in [0.2, 0.25) is 0 Å². The number of furan rings is 1. The summed E-state index contributed by atoms with van der Waals surface area (Å²) in [5.74, 6) is -0.0832. The van der Waals surface area contributed by atoms with Crippen LogP contribution >= 0.6 is 15.9 Å². The third-order valence-electron chi connectivity index (χ3n) is 4.08. The van der Waals surface area contributed by atoms with E-state index >= 15 is 0 Å². The molecule has 3 amide bonds. The van der Waals surface area contributed by atoms with Crippen LogP contribution in [0.15, 0.2) is 75.8 Å². The molecule has 0 bridgehead atoms. The van der Waals surface area contributed by atoms with E-state index in [1.807, 2.05) is 43.3 Å². The van der Waals surface area contributed by atoms with Gasteiger partial charge in [0.05, 0.1) is 12.3 Å². The molecular weight excluding hydrogens is 422 g/mol. The van der Waals surface area contributed by atoms with E-state index in [-0.39, 0.29) is 23.7 Å². The van der Waals surface area contributed by atoms with Crippen LogP contribution in [0.3, 0.4) is 0 Å². The fraction of sp³-hybridized carbons (Fsp3) is 0.143. The van der Waals surface area contributed by atoms with Crippen LogP contribution < -0.4 is 16.0 Å². The smallest absolute Gasteiger partial charge is 0.315 e. The van der Waals surface area contributed by atoms with Crippen molar-refractivity contribution < 1.29 is 14.0 Å². The maximum Gasteiger partial charge on any atom is 0.315 e. The zero-order chi connectivity index (χ0) is 19.9. The number of hydrogen-bond acceptors (Lipinski definition) is 3. The van der Waals surface area contributed by atoms with Gasteiger partial charge in [-0.1, -0.05) is 40.2 Å². The van der Waals surface area contributed by atoms with Crippen molar-refractivity contribution in [3.8, 4) is 0 Å². The summed E-state index contributed by atoms with van der Waals surface area (Å²) < 4.78 is 6.04. The van der Waals surface area contributed by atoms with Crippen LogP contribution in [-0.4, -0.2) is 11.9 Å². The lowest BCUT2D eigenvalue weighted by molar-refractivity contribution is 0.0996. The molecule has 6 nitrogen and oxygen atoms in total. The Morgan fingerprint density at radius 1 is 1.07 bits per heavy atom. The van der Waals surface area contributed by atoms with Crippen molar-refractivity contribution in [1.82, 2.24) is 10.6 Å². The summed E-state index contributed by atoms with van der Waals surface area (Å²) in [5, 5.41) is 8.50. The van der Waals surface area contributed by atoms with E-state index < -0.39 is 0 Å². The van der Waals surface area contributed by atoms with Crippen molar-refractivity contribution in [2.75, 3.05) is 5.32 Å². The van der Waals surface area contributed by atoms with Gasteiger partial charge in [-0.05, 0) is 54.4 Å². The Morgan fingerprint density at radius 2 is 1.89 bits per heavy atom. The molecule has 3 N–H and O–H groups in total. The molecule has 0 saturated heterocycles. The van der Waals surface area contributed by atoms with Crippen molar-refractivity contribution in [2.45, 2.75) is 19.5 Å². The molecular formula is C21H20BrN3O3. The van der Waals surface area contributed by atoms with Crippen molar-refractivity contribution in [1.29, 1.82) is 0 Å². The Bertz CT molecular complexity index is 957. The molecule has 144 valence electrons. The van der Waals surface area contributed by atoms with Crippen LogP contribution in [0, 0.1) is 0 Å².